The van der Waals surface area contributed by atoms with Crippen LogP contribution in [0.5, 0.6) is 11.5 Å². The van der Waals surface area contributed by atoms with Crippen molar-refractivity contribution in [1.29, 1.82) is 0 Å². The highest BCUT2D eigenvalue weighted by Crippen LogP contribution is 2.34. The number of fused-ring (bicyclic) bond motifs is 1. The van der Waals surface area contributed by atoms with Crippen LogP contribution in [-0.4, -0.2) is 29.3 Å². The van der Waals surface area contributed by atoms with Crippen molar-refractivity contribution in [2.75, 3.05) is 24.0 Å². The molecule has 0 bridgehead atoms. The van der Waals surface area contributed by atoms with E-state index in [-0.39, 0.29) is 6.79 Å². The zero-order valence-electron chi connectivity index (χ0n) is 15.1. The van der Waals surface area contributed by atoms with E-state index >= 15 is 0 Å². The van der Waals surface area contributed by atoms with Gasteiger partial charge in [-0.05, 0) is 37.3 Å². The summed E-state index contributed by atoms with van der Waals surface area (Å²) in [4.78, 5) is 20.8. The van der Waals surface area contributed by atoms with Crippen LogP contribution in [-0.2, 0) is 4.74 Å². The lowest BCUT2D eigenvalue weighted by Crippen LogP contribution is -2.08. The van der Waals surface area contributed by atoms with Gasteiger partial charge in [0.15, 0.2) is 11.5 Å². The van der Waals surface area contributed by atoms with E-state index in [4.69, 9.17) is 14.2 Å². The van der Waals surface area contributed by atoms with Gasteiger partial charge in [-0.1, -0.05) is 12.1 Å². The van der Waals surface area contributed by atoms with Crippen LogP contribution >= 0.6 is 0 Å². The molecule has 142 valence electrons. The molecule has 3 aromatic rings. The number of anilines is 4. The van der Waals surface area contributed by atoms with E-state index in [1.807, 2.05) is 24.3 Å². The number of rotatable bonds is 6. The number of hydrogen-bond acceptors (Lipinski definition) is 8. The third-order valence-electron chi connectivity index (χ3n) is 3.97. The first-order valence-electron chi connectivity index (χ1n) is 8.76. The second-order valence-corrected chi connectivity index (χ2v) is 5.85. The van der Waals surface area contributed by atoms with E-state index in [0.29, 0.717) is 41.1 Å². The molecule has 1 aliphatic rings. The summed E-state index contributed by atoms with van der Waals surface area (Å²) < 4.78 is 15.8. The summed E-state index contributed by atoms with van der Waals surface area (Å²) in [6, 6.07) is 14.3. The second-order valence-electron chi connectivity index (χ2n) is 5.85. The molecule has 0 saturated heterocycles. The highest BCUT2D eigenvalue weighted by molar-refractivity contribution is 5.96. The SMILES string of the molecule is CCOC(=O)c1ccccc1Nc1ccnc(Nc2ccc3c(c2)OCO3)n1. The highest BCUT2D eigenvalue weighted by Gasteiger charge is 2.14. The third kappa shape index (κ3) is 3.80. The van der Waals surface area contributed by atoms with E-state index in [9.17, 15) is 4.79 Å². The average molecular weight is 378 g/mol. The van der Waals surface area contributed by atoms with Crippen LogP contribution in [0.2, 0.25) is 0 Å². The molecule has 0 aliphatic carbocycles. The minimum atomic E-state index is -0.390. The summed E-state index contributed by atoms with van der Waals surface area (Å²) in [5, 5.41) is 6.27. The largest absolute Gasteiger partial charge is 0.462 e. The van der Waals surface area contributed by atoms with Crippen molar-refractivity contribution in [3.8, 4) is 11.5 Å². The lowest BCUT2D eigenvalue weighted by atomic mass is 10.2. The zero-order chi connectivity index (χ0) is 19.3. The van der Waals surface area contributed by atoms with Crippen LogP contribution in [0.1, 0.15) is 17.3 Å². The minimum absolute atomic E-state index is 0.217. The third-order valence-corrected chi connectivity index (χ3v) is 3.97. The standard InChI is InChI=1S/C20H18N4O4/c1-2-26-19(25)14-5-3-4-6-15(14)23-18-9-10-21-20(24-18)22-13-7-8-16-17(11-13)28-12-27-16/h3-11H,2,12H2,1H3,(H2,21,22,23,24). The number of carbonyl (C=O) groups excluding carboxylic acids is 1. The molecule has 2 N–H and O–H groups in total. The number of hydrogen-bond donors (Lipinski definition) is 2. The number of nitrogens with zero attached hydrogens (tertiary/aromatic N) is 2. The zero-order valence-corrected chi connectivity index (χ0v) is 15.1. The molecule has 0 radical (unpaired) electrons. The van der Waals surface area contributed by atoms with Crippen molar-refractivity contribution in [2.45, 2.75) is 6.92 Å². The Bertz CT molecular complexity index is 1010. The maximum atomic E-state index is 12.1. The van der Waals surface area contributed by atoms with E-state index in [1.165, 1.54) is 0 Å². The van der Waals surface area contributed by atoms with Crippen molar-refractivity contribution in [1.82, 2.24) is 9.97 Å². The van der Waals surface area contributed by atoms with Crippen molar-refractivity contribution in [2.24, 2.45) is 0 Å². The van der Waals surface area contributed by atoms with Crippen molar-refractivity contribution >= 4 is 29.1 Å². The lowest BCUT2D eigenvalue weighted by molar-refractivity contribution is 0.0527. The molecule has 28 heavy (non-hydrogen) atoms. The molecule has 0 fully saturated rings. The summed E-state index contributed by atoms with van der Waals surface area (Å²) >= 11 is 0. The summed E-state index contributed by atoms with van der Waals surface area (Å²) in [5.41, 5.74) is 1.82. The number of benzene rings is 2. The van der Waals surface area contributed by atoms with Crippen LogP contribution in [0.15, 0.2) is 54.7 Å². The molecule has 0 spiro atoms. The maximum Gasteiger partial charge on any atom is 0.340 e. The Morgan fingerprint density at radius 3 is 2.86 bits per heavy atom. The van der Waals surface area contributed by atoms with Gasteiger partial charge in [-0.25, -0.2) is 9.78 Å². The lowest BCUT2D eigenvalue weighted by Gasteiger charge is -2.12. The molecule has 0 atom stereocenters. The summed E-state index contributed by atoms with van der Waals surface area (Å²) in [7, 11) is 0. The topological polar surface area (TPSA) is 94.6 Å². The van der Waals surface area contributed by atoms with Crippen LogP contribution in [0, 0.1) is 0 Å². The Labute approximate surface area is 161 Å². The number of para-hydroxylation sites is 1. The molecule has 2 aromatic carbocycles. The molecule has 0 amide bonds. The van der Waals surface area contributed by atoms with Gasteiger partial charge in [0.25, 0.3) is 0 Å². The number of carbonyl (C=O) groups is 1. The first-order valence-corrected chi connectivity index (χ1v) is 8.76. The van der Waals surface area contributed by atoms with Crippen molar-refractivity contribution in [3.63, 3.8) is 0 Å². The van der Waals surface area contributed by atoms with Crippen molar-refractivity contribution < 1.29 is 19.0 Å². The Hall–Kier alpha value is -3.81. The predicted molar refractivity (Wildman–Crippen MR) is 104 cm³/mol. The van der Waals surface area contributed by atoms with Crippen LogP contribution in [0.25, 0.3) is 0 Å². The quantitative estimate of drug-likeness (QED) is 0.624. The average Bonchev–Trinajstić information content (AvgIpc) is 3.17. The van der Waals surface area contributed by atoms with Gasteiger partial charge >= 0.3 is 5.97 Å². The number of ether oxygens (including phenoxy) is 3. The maximum absolute atomic E-state index is 12.1. The van der Waals surface area contributed by atoms with Gasteiger partial charge < -0.3 is 24.8 Å². The van der Waals surface area contributed by atoms with Gasteiger partial charge in [0.05, 0.1) is 17.9 Å². The fourth-order valence-corrected chi connectivity index (χ4v) is 2.71. The molecule has 8 heteroatoms. The van der Waals surface area contributed by atoms with Gasteiger partial charge in [-0.3, -0.25) is 0 Å². The fourth-order valence-electron chi connectivity index (χ4n) is 2.71. The molecule has 8 nitrogen and oxygen atoms in total. The molecular formula is C20H18N4O4. The number of esters is 1. The second kappa shape index (κ2) is 7.83. The van der Waals surface area contributed by atoms with Gasteiger partial charge in [0.1, 0.15) is 5.82 Å². The van der Waals surface area contributed by atoms with E-state index < -0.39 is 5.97 Å². The molecule has 2 heterocycles. The summed E-state index contributed by atoms with van der Waals surface area (Å²) in [6.07, 6.45) is 1.62. The van der Waals surface area contributed by atoms with Gasteiger partial charge in [0, 0.05) is 18.0 Å². The minimum Gasteiger partial charge on any atom is -0.462 e. The van der Waals surface area contributed by atoms with Crippen LogP contribution in [0.4, 0.5) is 23.1 Å². The molecular weight excluding hydrogens is 360 g/mol. The Morgan fingerprint density at radius 2 is 1.96 bits per heavy atom. The van der Waals surface area contributed by atoms with Crippen LogP contribution in [0.3, 0.4) is 0 Å². The first kappa shape index (κ1) is 17.6. The predicted octanol–water partition coefficient (Wildman–Crippen LogP) is 3.87. The molecule has 0 unspecified atom stereocenters. The monoisotopic (exact) mass is 378 g/mol. The Morgan fingerprint density at radius 1 is 1.11 bits per heavy atom. The Balaban J connectivity index is 1.53. The first-order chi connectivity index (χ1) is 13.7. The van der Waals surface area contributed by atoms with E-state index in [1.54, 1.807) is 37.4 Å². The Kier molecular flexibility index (Phi) is 4.92. The summed E-state index contributed by atoms with van der Waals surface area (Å²) in [5.74, 6) is 1.92. The normalized spacial score (nSPS) is 11.8. The van der Waals surface area contributed by atoms with Crippen LogP contribution < -0.4 is 20.1 Å². The van der Waals surface area contributed by atoms with E-state index in [2.05, 4.69) is 20.6 Å². The molecule has 1 aliphatic heterocycles. The molecule has 4 rings (SSSR count). The van der Waals surface area contributed by atoms with Gasteiger partial charge in [0.2, 0.25) is 12.7 Å². The number of nitrogens with one attached hydrogen (secondary N) is 2. The van der Waals surface area contributed by atoms with Crippen molar-refractivity contribution in [3.05, 3.63) is 60.3 Å². The smallest absolute Gasteiger partial charge is 0.340 e. The summed E-state index contributed by atoms with van der Waals surface area (Å²) in [6.45, 7) is 2.30. The fraction of sp³-hybridized carbons (Fsp3) is 0.150. The number of aromatic nitrogens is 2. The van der Waals surface area contributed by atoms with Gasteiger partial charge in [-0.15, -0.1) is 0 Å². The van der Waals surface area contributed by atoms with Gasteiger partial charge in [-0.2, -0.15) is 4.98 Å². The molecule has 0 saturated carbocycles. The van der Waals surface area contributed by atoms with E-state index in [0.717, 1.165) is 5.69 Å². The molecule has 1 aromatic heterocycles. The highest BCUT2D eigenvalue weighted by atomic mass is 16.7.